The number of likely N-dealkylation sites (N-methyl/N-ethyl adjacent to an activating group) is 2. The van der Waals surface area contributed by atoms with Crippen LogP contribution in [-0.4, -0.2) is 60.0 Å². The molecular formula is C13H26N2O3. The van der Waals surface area contributed by atoms with Crippen LogP contribution >= 0.6 is 0 Å². The van der Waals surface area contributed by atoms with Crippen molar-refractivity contribution in [2.75, 3.05) is 27.2 Å². The molecule has 0 aliphatic heterocycles. The summed E-state index contributed by atoms with van der Waals surface area (Å²) in [5.74, 6) is -1.04. The Hall–Kier alpha value is -1.10. The topological polar surface area (TPSA) is 60.9 Å². The molecule has 0 rings (SSSR count). The molecule has 1 atom stereocenters. The van der Waals surface area contributed by atoms with Crippen LogP contribution in [0.15, 0.2) is 0 Å². The SMILES string of the molecule is CCN(C(=O)CC(C)(C)C(=O)O)C(C)CN(C)C. The zero-order chi connectivity index (χ0) is 14.5. The number of hydrogen-bond donors (Lipinski definition) is 1. The molecule has 5 heteroatoms. The lowest BCUT2D eigenvalue weighted by Crippen LogP contribution is -2.45. The second-order valence-electron chi connectivity index (χ2n) is 5.66. The van der Waals surface area contributed by atoms with Crippen LogP contribution in [-0.2, 0) is 9.59 Å². The van der Waals surface area contributed by atoms with Crippen molar-refractivity contribution in [1.82, 2.24) is 9.80 Å². The zero-order valence-corrected chi connectivity index (χ0v) is 12.4. The molecule has 0 spiro atoms. The molecular weight excluding hydrogens is 232 g/mol. The monoisotopic (exact) mass is 258 g/mol. The molecule has 18 heavy (non-hydrogen) atoms. The van der Waals surface area contributed by atoms with Crippen LogP contribution in [0.3, 0.4) is 0 Å². The van der Waals surface area contributed by atoms with E-state index in [2.05, 4.69) is 0 Å². The van der Waals surface area contributed by atoms with E-state index >= 15 is 0 Å². The van der Waals surface area contributed by atoms with Crippen LogP contribution in [0.4, 0.5) is 0 Å². The number of hydrogen-bond acceptors (Lipinski definition) is 3. The fraction of sp³-hybridized carbons (Fsp3) is 0.846. The fourth-order valence-electron chi connectivity index (χ4n) is 1.92. The van der Waals surface area contributed by atoms with E-state index in [0.29, 0.717) is 6.54 Å². The van der Waals surface area contributed by atoms with Gasteiger partial charge in [0, 0.05) is 25.6 Å². The number of amides is 1. The average molecular weight is 258 g/mol. The highest BCUT2D eigenvalue weighted by molar-refractivity contribution is 5.84. The maximum atomic E-state index is 12.2. The summed E-state index contributed by atoms with van der Waals surface area (Å²) in [6, 6.07) is 0.0853. The summed E-state index contributed by atoms with van der Waals surface area (Å²) in [7, 11) is 3.91. The lowest BCUT2D eigenvalue weighted by atomic mass is 9.89. The Morgan fingerprint density at radius 2 is 1.78 bits per heavy atom. The van der Waals surface area contributed by atoms with E-state index in [-0.39, 0.29) is 18.4 Å². The van der Waals surface area contributed by atoms with E-state index in [4.69, 9.17) is 5.11 Å². The number of nitrogens with zero attached hydrogens (tertiary/aromatic N) is 2. The van der Waals surface area contributed by atoms with Crippen LogP contribution < -0.4 is 0 Å². The smallest absolute Gasteiger partial charge is 0.309 e. The van der Waals surface area contributed by atoms with E-state index in [9.17, 15) is 9.59 Å². The Labute approximate surface area is 110 Å². The molecule has 1 amide bonds. The molecule has 0 aromatic rings. The van der Waals surface area contributed by atoms with Gasteiger partial charge in [0.2, 0.25) is 5.91 Å². The van der Waals surface area contributed by atoms with Crippen molar-refractivity contribution in [2.24, 2.45) is 5.41 Å². The molecule has 0 saturated heterocycles. The number of carboxylic acid groups (broad SMARTS) is 1. The van der Waals surface area contributed by atoms with Crippen molar-refractivity contribution in [2.45, 2.75) is 40.2 Å². The van der Waals surface area contributed by atoms with Crippen molar-refractivity contribution in [3.05, 3.63) is 0 Å². The van der Waals surface area contributed by atoms with E-state index in [1.165, 1.54) is 0 Å². The second-order valence-corrected chi connectivity index (χ2v) is 5.66. The van der Waals surface area contributed by atoms with Gasteiger partial charge in [0.1, 0.15) is 0 Å². The van der Waals surface area contributed by atoms with Gasteiger partial charge in [0.05, 0.1) is 5.41 Å². The summed E-state index contributed by atoms with van der Waals surface area (Å²) < 4.78 is 0. The van der Waals surface area contributed by atoms with Gasteiger partial charge in [-0.1, -0.05) is 0 Å². The molecule has 1 N–H and O–H groups in total. The molecule has 0 aliphatic carbocycles. The molecule has 0 saturated carbocycles. The lowest BCUT2D eigenvalue weighted by Gasteiger charge is -2.32. The quantitative estimate of drug-likeness (QED) is 0.747. The van der Waals surface area contributed by atoms with Gasteiger partial charge in [-0.05, 0) is 41.8 Å². The van der Waals surface area contributed by atoms with E-state index < -0.39 is 11.4 Å². The minimum Gasteiger partial charge on any atom is -0.481 e. The number of carbonyl (C=O) groups is 2. The summed E-state index contributed by atoms with van der Waals surface area (Å²) in [4.78, 5) is 27.0. The highest BCUT2D eigenvalue weighted by Crippen LogP contribution is 2.22. The van der Waals surface area contributed by atoms with E-state index in [1.54, 1.807) is 18.7 Å². The van der Waals surface area contributed by atoms with Gasteiger partial charge in [-0.2, -0.15) is 0 Å². The lowest BCUT2D eigenvalue weighted by molar-refractivity contribution is -0.152. The maximum Gasteiger partial charge on any atom is 0.309 e. The Morgan fingerprint density at radius 3 is 2.11 bits per heavy atom. The molecule has 0 aromatic carbocycles. The molecule has 0 bridgehead atoms. The minimum absolute atomic E-state index is 0.0357. The zero-order valence-electron chi connectivity index (χ0n) is 12.4. The Morgan fingerprint density at radius 1 is 1.28 bits per heavy atom. The van der Waals surface area contributed by atoms with Gasteiger partial charge in [0.15, 0.2) is 0 Å². The van der Waals surface area contributed by atoms with Crippen LogP contribution in [0.5, 0.6) is 0 Å². The molecule has 0 heterocycles. The van der Waals surface area contributed by atoms with Crippen molar-refractivity contribution < 1.29 is 14.7 Å². The molecule has 0 radical (unpaired) electrons. The molecule has 0 aromatic heterocycles. The van der Waals surface area contributed by atoms with Crippen LogP contribution in [0.1, 0.15) is 34.1 Å². The predicted molar refractivity (Wildman–Crippen MR) is 71.4 cm³/mol. The summed E-state index contributed by atoms with van der Waals surface area (Å²) in [5, 5.41) is 9.05. The van der Waals surface area contributed by atoms with Crippen LogP contribution in [0.2, 0.25) is 0 Å². The summed E-state index contributed by atoms with van der Waals surface area (Å²) in [5.41, 5.74) is -1.01. The molecule has 106 valence electrons. The first kappa shape index (κ1) is 16.9. The second kappa shape index (κ2) is 6.73. The third-order valence-corrected chi connectivity index (χ3v) is 2.99. The highest BCUT2D eigenvalue weighted by atomic mass is 16.4. The van der Waals surface area contributed by atoms with Crippen molar-refractivity contribution in [1.29, 1.82) is 0 Å². The van der Waals surface area contributed by atoms with Gasteiger partial charge >= 0.3 is 5.97 Å². The van der Waals surface area contributed by atoms with E-state index in [1.807, 2.05) is 32.8 Å². The molecule has 0 fully saturated rings. The first-order valence-electron chi connectivity index (χ1n) is 6.29. The van der Waals surface area contributed by atoms with Crippen LogP contribution in [0, 0.1) is 5.41 Å². The Balaban J connectivity index is 4.67. The van der Waals surface area contributed by atoms with Gasteiger partial charge < -0.3 is 14.9 Å². The molecule has 5 nitrogen and oxygen atoms in total. The third-order valence-electron chi connectivity index (χ3n) is 2.99. The van der Waals surface area contributed by atoms with Crippen molar-refractivity contribution in [3.8, 4) is 0 Å². The number of carboxylic acids is 1. The van der Waals surface area contributed by atoms with Gasteiger partial charge in [-0.3, -0.25) is 9.59 Å². The number of carbonyl (C=O) groups excluding carboxylic acids is 1. The fourth-order valence-corrected chi connectivity index (χ4v) is 1.92. The standard InChI is InChI=1S/C13H26N2O3/c1-7-15(10(2)9-14(5)6)11(16)8-13(3,4)12(17)18/h10H,7-9H2,1-6H3,(H,17,18). The maximum absolute atomic E-state index is 12.2. The van der Waals surface area contributed by atoms with Crippen LogP contribution in [0.25, 0.3) is 0 Å². The highest BCUT2D eigenvalue weighted by Gasteiger charge is 2.32. The average Bonchev–Trinajstić information content (AvgIpc) is 2.15. The predicted octanol–water partition coefficient (Wildman–Crippen LogP) is 1.29. The minimum atomic E-state index is -1.01. The first-order valence-corrected chi connectivity index (χ1v) is 6.29. The summed E-state index contributed by atoms with van der Waals surface area (Å²) in [6.07, 6.45) is 0.0357. The van der Waals surface area contributed by atoms with Crippen molar-refractivity contribution in [3.63, 3.8) is 0 Å². The largest absolute Gasteiger partial charge is 0.481 e. The normalized spacial score (nSPS) is 13.5. The Kier molecular flexibility index (Phi) is 6.32. The van der Waals surface area contributed by atoms with Gasteiger partial charge in [-0.25, -0.2) is 0 Å². The van der Waals surface area contributed by atoms with Gasteiger partial charge in [0.25, 0.3) is 0 Å². The Bertz CT molecular complexity index is 301. The van der Waals surface area contributed by atoms with Crippen molar-refractivity contribution >= 4 is 11.9 Å². The number of rotatable bonds is 7. The number of aliphatic carboxylic acids is 1. The first-order chi connectivity index (χ1) is 8.11. The van der Waals surface area contributed by atoms with E-state index in [0.717, 1.165) is 6.54 Å². The molecule has 1 unspecified atom stereocenters. The molecule has 0 aliphatic rings. The summed E-state index contributed by atoms with van der Waals surface area (Å²) in [6.45, 7) is 8.43. The summed E-state index contributed by atoms with van der Waals surface area (Å²) >= 11 is 0. The third kappa shape index (κ3) is 5.04. The van der Waals surface area contributed by atoms with Gasteiger partial charge in [-0.15, -0.1) is 0 Å².